The Hall–Kier alpha value is -3.27. The minimum absolute atomic E-state index is 0.0869. The Morgan fingerprint density at radius 1 is 1.12 bits per heavy atom. The van der Waals surface area contributed by atoms with Gasteiger partial charge in [-0.05, 0) is 49.8 Å². The van der Waals surface area contributed by atoms with E-state index in [0.717, 1.165) is 36.5 Å². The maximum Gasteiger partial charge on any atom is 0.322 e. The van der Waals surface area contributed by atoms with Crippen LogP contribution in [0.5, 0.6) is 0 Å². The molecule has 3 heterocycles. The van der Waals surface area contributed by atoms with E-state index in [0.29, 0.717) is 12.3 Å². The number of methoxy groups -OCH3 is 1. The van der Waals surface area contributed by atoms with Crippen molar-refractivity contribution in [1.29, 1.82) is 0 Å². The second-order valence-corrected chi connectivity index (χ2v) is 8.47. The Balaban J connectivity index is 1.44. The van der Waals surface area contributed by atoms with Crippen LogP contribution in [0.3, 0.4) is 0 Å². The van der Waals surface area contributed by atoms with Crippen LogP contribution >= 0.6 is 0 Å². The summed E-state index contributed by atoms with van der Waals surface area (Å²) in [5.74, 6) is -2.15. The van der Waals surface area contributed by atoms with Crippen LogP contribution in [0.15, 0.2) is 18.2 Å². The minimum atomic E-state index is -0.974. The first-order valence-corrected chi connectivity index (χ1v) is 10.7. The normalized spacial score (nSPS) is 22.6. The van der Waals surface area contributed by atoms with Gasteiger partial charge in [0.1, 0.15) is 12.1 Å². The summed E-state index contributed by atoms with van der Waals surface area (Å²) in [5, 5.41) is 2.20. The maximum absolute atomic E-state index is 13.0. The monoisotopic (exact) mass is 442 g/mol. The van der Waals surface area contributed by atoms with Crippen molar-refractivity contribution in [1.82, 2.24) is 10.2 Å². The van der Waals surface area contributed by atoms with Crippen LogP contribution in [0.25, 0.3) is 0 Å². The number of fused-ring (bicyclic) bond motifs is 1. The summed E-state index contributed by atoms with van der Waals surface area (Å²) in [6.45, 7) is 1.46. The number of esters is 1. The average molecular weight is 442 g/mol. The van der Waals surface area contributed by atoms with Gasteiger partial charge < -0.3 is 15.4 Å². The van der Waals surface area contributed by atoms with Crippen molar-refractivity contribution in [2.24, 2.45) is 11.7 Å². The number of benzene rings is 1. The highest BCUT2D eigenvalue weighted by atomic mass is 16.5. The van der Waals surface area contributed by atoms with E-state index in [4.69, 9.17) is 10.5 Å². The van der Waals surface area contributed by atoms with Gasteiger partial charge in [-0.3, -0.25) is 34.2 Å². The number of hydrogen-bond donors (Lipinski definition) is 2. The van der Waals surface area contributed by atoms with Gasteiger partial charge in [-0.2, -0.15) is 0 Å². The topological polar surface area (TPSA) is 139 Å². The van der Waals surface area contributed by atoms with Gasteiger partial charge >= 0.3 is 5.97 Å². The SMILES string of the molecule is COC(=O)C(N)CC1CCN(c2ccc3c(c2)C(=O)N(C2CCC(=O)NC2=O)C3=O)CC1. The zero-order valence-corrected chi connectivity index (χ0v) is 17.8. The third-order valence-corrected chi connectivity index (χ3v) is 6.49. The van der Waals surface area contributed by atoms with Gasteiger partial charge in [0.2, 0.25) is 11.8 Å². The van der Waals surface area contributed by atoms with Gasteiger partial charge in [0, 0.05) is 25.2 Å². The van der Waals surface area contributed by atoms with Crippen molar-refractivity contribution >= 4 is 35.3 Å². The van der Waals surface area contributed by atoms with Crippen LogP contribution in [-0.2, 0) is 19.1 Å². The summed E-state index contributed by atoms with van der Waals surface area (Å²) in [6.07, 6.45) is 2.47. The first-order valence-electron chi connectivity index (χ1n) is 10.7. The van der Waals surface area contributed by atoms with E-state index in [2.05, 4.69) is 10.2 Å². The van der Waals surface area contributed by atoms with Gasteiger partial charge in [-0.15, -0.1) is 0 Å². The Morgan fingerprint density at radius 3 is 2.47 bits per heavy atom. The second kappa shape index (κ2) is 8.70. The van der Waals surface area contributed by atoms with Gasteiger partial charge in [0.05, 0.1) is 18.2 Å². The molecule has 4 rings (SSSR count). The molecule has 1 aromatic carbocycles. The number of piperidine rings is 2. The van der Waals surface area contributed by atoms with E-state index in [1.807, 2.05) is 0 Å². The van der Waals surface area contributed by atoms with Crippen molar-refractivity contribution in [3.8, 4) is 0 Å². The van der Waals surface area contributed by atoms with Crippen LogP contribution in [0.4, 0.5) is 5.69 Å². The van der Waals surface area contributed by atoms with Crippen LogP contribution in [0.1, 0.15) is 52.8 Å². The number of carbonyl (C=O) groups excluding carboxylic acids is 5. The average Bonchev–Trinajstić information content (AvgIpc) is 3.03. The Labute approximate surface area is 185 Å². The zero-order valence-electron chi connectivity index (χ0n) is 17.8. The molecule has 10 heteroatoms. The zero-order chi connectivity index (χ0) is 23.0. The van der Waals surface area contributed by atoms with Gasteiger partial charge in [0.15, 0.2) is 0 Å². The summed E-state index contributed by atoms with van der Waals surface area (Å²) >= 11 is 0. The first kappa shape index (κ1) is 21.9. The molecule has 0 saturated carbocycles. The van der Waals surface area contributed by atoms with Crippen LogP contribution in [0, 0.1) is 5.92 Å². The maximum atomic E-state index is 13.0. The Bertz CT molecular complexity index is 985. The van der Waals surface area contributed by atoms with E-state index in [9.17, 15) is 24.0 Å². The summed E-state index contributed by atoms with van der Waals surface area (Å²) < 4.78 is 4.69. The van der Waals surface area contributed by atoms with Crippen LogP contribution < -0.4 is 16.0 Å². The molecule has 170 valence electrons. The molecule has 3 aliphatic rings. The third kappa shape index (κ3) is 3.97. The largest absolute Gasteiger partial charge is 0.468 e. The number of amides is 4. The Kier molecular flexibility index (Phi) is 5.96. The number of hydrogen-bond acceptors (Lipinski definition) is 8. The molecule has 0 spiro atoms. The van der Waals surface area contributed by atoms with Gasteiger partial charge in [0.25, 0.3) is 11.8 Å². The van der Waals surface area contributed by atoms with E-state index >= 15 is 0 Å². The molecule has 3 aliphatic heterocycles. The third-order valence-electron chi connectivity index (χ3n) is 6.49. The fourth-order valence-electron chi connectivity index (χ4n) is 4.69. The van der Waals surface area contributed by atoms with Crippen LogP contribution in [0.2, 0.25) is 0 Å². The highest BCUT2D eigenvalue weighted by molar-refractivity contribution is 6.23. The standard InChI is InChI=1S/C22H26N4O6/c1-32-22(31)16(23)10-12-6-8-25(9-7-12)13-2-3-14-15(11-13)21(30)26(20(14)29)17-4-5-18(27)24-19(17)28/h2-3,11-12,16-17H,4-10,23H2,1H3,(H,24,27,28). The fourth-order valence-corrected chi connectivity index (χ4v) is 4.69. The van der Waals surface area contributed by atoms with E-state index in [1.165, 1.54) is 7.11 Å². The molecule has 0 aromatic heterocycles. The number of rotatable bonds is 5. The molecule has 4 amide bonds. The summed E-state index contributed by atoms with van der Waals surface area (Å²) in [4.78, 5) is 64.1. The predicted octanol–water partition coefficient (Wildman–Crippen LogP) is 0.195. The van der Waals surface area contributed by atoms with Crippen LogP contribution in [-0.4, -0.2) is 66.8 Å². The number of nitrogens with zero attached hydrogens (tertiary/aromatic N) is 2. The molecule has 2 unspecified atom stereocenters. The lowest BCUT2D eigenvalue weighted by atomic mass is 9.90. The van der Waals surface area contributed by atoms with Crippen molar-refractivity contribution < 1.29 is 28.7 Å². The lowest BCUT2D eigenvalue weighted by Crippen LogP contribution is -2.54. The molecule has 32 heavy (non-hydrogen) atoms. The number of nitrogens with one attached hydrogen (secondary N) is 1. The fraction of sp³-hybridized carbons (Fsp3) is 0.500. The van der Waals surface area contributed by atoms with E-state index in [1.54, 1.807) is 18.2 Å². The molecular formula is C22H26N4O6. The summed E-state index contributed by atoms with van der Waals surface area (Å²) in [7, 11) is 1.33. The van der Waals surface area contributed by atoms with Crippen molar-refractivity contribution in [3.63, 3.8) is 0 Å². The lowest BCUT2D eigenvalue weighted by Gasteiger charge is -2.34. The molecule has 0 radical (unpaired) electrons. The number of ether oxygens (including phenoxy) is 1. The molecule has 2 saturated heterocycles. The smallest absolute Gasteiger partial charge is 0.322 e. The number of anilines is 1. The molecule has 1 aromatic rings. The van der Waals surface area contributed by atoms with E-state index < -0.39 is 41.7 Å². The highest BCUT2D eigenvalue weighted by Crippen LogP contribution is 2.32. The number of carbonyl (C=O) groups is 5. The minimum Gasteiger partial charge on any atom is -0.468 e. The Morgan fingerprint density at radius 2 is 1.81 bits per heavy atom. The molecule has 10 nitrogen and oxygen atoms in total. The van der Waals surface area contributed by atoms with Gasteiger partial charge in [-0.25, -0.2) is 0 Å². The molecule has 0 bridgehead atoms. The lowest BCUT2D eigenvalue weighted by molar-refractivity contribution is -0.142. The predicted molar refractivity (Wildman–Crippen MR) is 113 cm³/mol. The van der Waals surface area contributed by atoms with Crippen molar-refractivity contribution in [2.45, 2.75) is 44.2 Å². The highest BCUT2D eigenvalue weighted by Gasteiger charge is 2.44. The van der Waals surface area contributed by atoms with Crippen molar-refractivity contribution in [2.75, 3.05) is 25.1 Å². The molecule has 2 fully saturated rings. The van der Waals surface area contributed by atoms with Crippen molar-refractivity contribution in [3.05, 3.63) is 29.3 Å². The quantitative estimate of drug-likeness (QED) is 0.487. The van der Waals surface area contributed by atoms with Gasteiger partial charge in [-0.1, -0.05) is 0 Å². The summed E-state index contributed by atoms with van der Waals surface area (Å²) in [5.41, 5.74) is 7.24. The molecular weight excluding hydrogens is 416 g/mol. The summed E-state index contributed by atoms with van der Waals surface area (Å²) in [6, 6.07) is 3.52. The molecule has 3 N–H and O–H groups in total. The number of nitrogens with two attached hydrogens (primary N) is 1. The number of imide groups is 2. The second-order valence-electron chi connectivity index (χ2n) is 8.47. The van der Waals surface area contributed by atoms with E-state index in [-0.39, 0.29) is 24.0 Å². The molecule has 2 atom stereocenters. The molecule has 0 aliphatic carbocycles. The first-order chi connectivity index (χ1) is 15.3.